The van der Waals surface area contributed by atoms with E-state index in [2.05, 4.69) is 5.32 Å². The number of hydrogen-bond acceptors (Lipinski definition) is 2. The highest BCUT2D eigenvalue weighted by Gasteiger charge is 2.20. The van der Waals surface area contributed by atoms with Crippen LogP contribution >= 0.6 is 0 Å². The smallest absolute Gasteiger partial charge is 0.255 e. The van der Waals surface area contributed by atoms with Gasteiger partial charge < -0.3 is 10.2 Å². The van der Waals surface area contributed by atoms with Gasteiger partial charge >= 0.3 is 0 Å². The van der Waals surface area contributed by atoms with Gasteiger partial charge in [0.15, 0.2) is 0 Å². The van der Waals surface area contributed by atoms with Crippen LogP contribution in [0.25, 0.3) is 0 Å². The van der Waals surface area contributed by atoms with Crippen molar-refractivity contribution in [2.75, 3.05) is 18.4 Å². The molecule has 24 heavy (non-hydrogen) atoms. The van der Waals surface area contributed by atoms with Gasteiger partial charge in [0, 0.05) is 30.3 Å². The van der Waals surface area contributed by atoms with Gasteiger partial charge in [-0.1, -0.05) is 6.07 Å². The molecule has 2 aromatic carbocycles. The molecular formula is C18H16F2N2O2. The number of likely N-dealkylation sites (tertiary alicyclic amines) is 1. The van der Waals surface area contributed by atoms with Gasteiger partial charge in [-0.15, -0.1) is 0 Å². The molecule has 0 atom stereocenters. The van der Waals surface area contributed by atoms with Crippen LogP contribution < -0.4 is 5.32 Å². The van der Waals surface area contributed by atoms with Crippen molar-refractivity contribution in [3.8, 4) is 0 Å². The molecule has 0 aromatic heterocycles. The highest BCUT2D eigenvalue weighted by molar-refractivity contribution is 6.06. The zero-order valence-electron chi connectivity index (χ0n) is 12.9. The lowest BCUT2D eigenvalue weighted by molar-refractivity contribution is 0.0793. The first kappa shape index (κ1) is 16.1. The summed E-state index contributed by atoms with van der Waals surface area (Å²) in [6.45, 7) is 1.44. The van der Waals surface area contributed by atoms with Crippen LogP contribution in [0.1, 0.15) is 33.6 Å². The van der Waals surface area contributed by atoms with Crippen molar-refractivity contribution in [1.29, 1.82) is 0 Å². The quantitative estimate of drug-likeness (QED) is 0.937. The highest BCUT2D eigenvalue weighted by atomic mass is 19.1. The molecule has 1 aliphatic rings. The molecule has 4 nitrogen and oxygen atoms in total. The highest BCUT2D eigenvalue weighted by Crippen LogP contribution is 2.18. The fourth-order valence-corrected chi connectivity index (χ4v) is 2.68. The summed E-state index contributed by atoms with van der Waals surface area (Å²) in [4.78, 5) is 26.4. The van der Waals surface area contributed by atoms with E-state index in [0.29, 0.717) is 11.6 Å². The Morgan fingerprint density at radius 3 is 2.38 bits per heavy atom. The van der Waals surface area contributed by atoms with Gasteiger partial charge in [0.1, 0.15) is 11.6 Å². The molecule has 0 unspecified atom stereocenters. The van der Waals surface area contributed by atoms with Crippen LogP contribution in [0.3, 0.4) is 0 Å². The SMILES string of the molecule is O=C(Nc1ccc(F)cc1F)c1cccc(C(=O)N2CCCC2)c1. The molecule has 1 N–H and O–H groups in total. The predicted molar refractivity (Wildman–Crippen MR) is 85.9 cm³/mol. The summed E-state index contributed by atoms with van der Waals surface area (Å²) in [5.41, 5.74) is 0.547. The van der Waals surface area contributed by atoms with Crippen molar-refractivity contribution in [2.45, 2.75) is 12.8 Å². The first-order chi connectivity index (χ1) is 11.5. The summed E-state index contributed by atoms with van der Waals surface area (Å²) >= 11 is 0. The number of anilines is 1. The third-order valence-electron chi connectivity index (χ3n) is 3.94. The summed E-state index contributed by atoms with van der Waals surface area (Å²) in [5, 5.41) is 2.38. The largest absolute Gasteiger partial charge is 0.339 e. The summed E-state index contributed by atoms with van der Waals surface area (Å²) in [5.74, 6) is -2.25. The number of amides is 2. The first-order valence-electron chi connectivity index (χ1n) is 7.70. The number of hydrogen-bond donors (Lipinski definition) is 1. The topological polar surface area (TPSA) is 49.4 Å². The van der Waals surface area contributed by atoms with Gasteiger partial charge in [-0.2, -0.15) is 0 Å². The molecule has 0 aliphatic carbocycles. The number of rotatable bonds is 3. The van der Waals surface area contributed by atoms with Crippen LogP contribution in [0.15, 0.2) is 42.5 Å². The average molecular weight is 330 g/mol. The maximum atomic E-state index is 13.6. The van der Waals surface area contributed by atoms with E-state index >= 15 is 0 Å². The van der Waals surface area contributed by atoms with Crippen LogP contribution in [0.5, 0.6) is 0 Å². The maximum absolute atomic E-state index is 13.6. The lowest BCUT2D eigenvalue weighted by atomic mass is 10.1. The van der Waals surface area contributed by atoms with Crippen molar-refractivity contribution in [3.63, 3.8) is 0 Å². The monoisotopic (exact) mass is 330 g/mol. The number of carbonyl (C=O) groups is 2. The molecule has 0 bridgehead atoms. The molecule has 1 heterocycles. The van der Waals surface area contributed by atoms with Crippen molar-refractivity contribution in [1.82, 2.24) is 4.90 Å². The normalized spacial score (nSPS) is 13.8. The standard InChI is InChI=1S/C18H16F2N2O2/c19-14-6-7-16(15(20)11-14)21-17(23)12-4-3-5-13(10-12)18(24)22-8-1-2-9-22/h3-7,10-11H,1-2,8-9H2,(H,21,23). The minimum atomic E-state index is -0.854. The minimum absolute atomic E-state index is 0.113. The number of nitrogens with one attached hydrogen (secondary N) is 1. The molecular weight excluding hydrogens is 314 g/mol. The summed E-state index contributed by atoms with van der Waals surface area (Å²) in [6.07, 6.45) is 1.96. The molecule has 2 aromatic rings. The Balaban J connectivity index is 1.77. The second-order valence-corrected chi connectivity index (χ2v) is 5.66. The third kappa shape index (κ3) is 3.42. The van der Waals surface area contributed by atoms with Gasteiger partial charge in [-0.05, 0) is 43.2 Å². The molecule has 124 valence electrons. The second-order valence-electron chi connectivity index (χ2n) is 5.66. The second kappa shape index (κ2) is 6.78. The van der Waals surface area contributed by atoms with Gasteiger partial charge in [-0.3, -0.25) is 9.59 Å². The lowest BCUT2D eigenvalue weighted by Crippen LogP contribution is -2.27. The molecule has 1 saturated heterocycles. The van der Waals surface area contributed by atoms with Gasteiger partial charge in [0.2, 0.25) is 0 Å². The Hall–Kier alpha value is -2.76. The zero-order valence-corrected chi connectivity index (χ0v) is 12.9. The lowest BCUT2D eigenvalue weighted by Gasteiger charge is -2.15. The van der Waals surface area contributed by atoms with Crippen molar-refractivity contribution >= 4 is 17.5 Å². The molecule has 3 rings (SSSR count). The Morgan fingerprint density at radius 2 is 1.67 bits per heavy atom. The van der Waals surface area contributed by atoms with Crippen LogP contribution in [-0.2, 0) is 0 Å². The van der Waals surface area contributed by atoms with E-state index in [4.69, 9.17) is 0 Å². The number of nitrogens with zero attached hydrogens (tertiary/aromatic N) is 1. The van der Waals surface area contributed by atoms with Gasteiger partial charge in [0.25, 0.3) is 11.8 Å². The molecule has 0 spiro atoms. The van der Waals surface area contributed by atoms with Crippen LogP contribution in [-0.4, -0.2) is 29.8 Å². The molecule has 6 heteroatoms. The number of benzene rings is 2. The van der Waals surface area contributed by atoms with Crippen LogP contribution in [0.2, 0.25) is 0 Å². The van der Waals surface area contributed by atoms with Gasteiger partial charge in [0.05, 0.1) is 5.69 Å². The summed E-state index contributed by atoms with van der Waals surface area (Å²) < 4.78 is 26.5. The van der Waals surface area contributed by atoms with E-state index in [1.54, 1.807) is 17.0 Å². The van der Waals surface area contributed by atoms with Gasteiger partial charge in [-0.25, -0.2) is 8.78 Å². The first-order valence-corrected chi connectivity index (χ1v) is 7.70. The Bertz CT molecular complexity index is 786. The summed E-state index contributed by atoms with van der Waals surface area (Å²) in [6, 6.07) is 9.20. The molecule has 1 fully saturated rings. The minimum Gasteiger partial charge on any atom is -0.339 e. The van der Waals surface area contributed by atoms with Crippen LogP contribution in [0, 0.1) is 11.6 Å². The fourth-order valence-electron chi connectivity index (χ4n) is 2.68. The van der Waals surface area contributed by atoms with Crippen molar-refractivity contribution in [3.05, 3.63) is 65.2 Å². The van der Waals surface area contributed by atoms with Crippen LogP contribution in [0.4, 0.5) is 14.5 Å². The molecule has 1 aliphatic heterocycles. The molecule has 2 amide bonds. The van der Waals surface area contributed by atoms with E-state index in [9.17, 15) is 18.4 Å². The Labute approximate surface area is 138 Å². The molecule has 0 saturated carbocycles. The maximum Gasteiger partial charge on any atom is 0.255 e. The average Bonchev–Trinajstić information content (AvgIpc) is 3.11. The number of halogens is 2. The Morgan fingerprint density at radius 1 is 0.958 bits per heavy atom. The zero-order chi connectivity index (χ0) is 17.1. The van der Waals surface area contributed by atoms with Crippen molar-refractivity contribution < 1.29 is 18.4 Å². The third-order valence-corrected chi connectivity index (χ3v) is 3.94. The predicted octanol–water partition coefficient (Wildman–Crippen LogP) is 3.45. The van der Waals surface area contributed by atoms with E-state index in [1.807, 2.05) is 0 Å². The fraction of sp³-hybridized carbons (Fsp3) is 0.222. The van der Waals surface area contributed by atoms with E-state index in [-0.39, 0.29) is 17.2 Å². The van der Waals surface area contributed by atoms with E-state index in [1.165, 1.54) is 12.1 Å². The van der Waals surface area contributed by atoms with E-state index < -0.39 is 17.5 Å². The number of carbonyl (C=O) groups excluding carboxylic acids is 2. The van der Waals surface area contributed by atoms with Crippen molar-refractivity contribution in [2.24, 2.45) is 0 Å². The molecule has 0 radical (unpaired) electrons. The Kier molecular flexibility index (Phi) is 4.55. The summed E-state index contributed by atoms with van der Waals surface area (Å²) in [7, 11) is 0. The van der Waals surface area contributed by atoms with E-state index in [0.717, 1.165) is 38.1 Å².